The molecule has 0 aliphatic heterocycles. The Labute approximate surface area is 131 Å². The van der Waals surface area contributed by atoms with Gasteiger partial charge in [0.25, 0.3) is 0 Å². The van der Waals surface area contributed by atoms with E-state index in [1.165, 1.54) is 6.21 Å². The van der Waals surface area contributed by atoms with Crippen LogP contribution in [0.2, 0.25) is 0 Å². The van der Waals surface area contributed by atoms with Crippen LogP contribution in [-0.2, 0) is 0 Å². The van der Waals surface area contributed by atoms with Crippen LogP contribution in [0.3, 0.4) is 0 Å². The minimum atomic E-state index is 0.390. The van der Waals surface area contributed by atoms with Crippen LogP contribution < -0.4 is 11.5 Å². The predicted octanol–water partition coefficient (Wildman–Crippen LogP) is 2.61. The number of rotatable bonds is 5. The highest BCUT2D eigenvalue weighted by Crippen LogP contribution is 2.38. The molecule has 5 heteroatoms. The lowest BCUT2D eigenvalue weighted by Gasteiger charge is -2.29. The van der Waals surface area contributed by atoms with E-state index in [2.05, 4.69) is 16.9 Å². The molecular formula is C17H23N5. The van der Waals surface area contributed by atoms with Gasteiger partial charge in [0.2, 0.25) is 0 Å². The quantitative estimate of drug-likeness (QED) is 0.728. The first-order valence-electron chi connectivity index (χ1n) is 7.88. The Morgan fingerprint density at radius 1 is 1.41 bits per heavy atom. The Morgan fingerprint density at radius 2 is 2.14 bits per heavy atom. The molecule has 0 atom stereocenters. The summed E-state index contributed by atoms with van der Waals surface area (Å²) in [7, 11) is 0. The molecule has 0 aromatic carbocycles. The normalized spacial score (nSPS) is 25.7. The van der Waals surface area contributed by atoms with Crippen LogP contribution >= 0.6 is 0 Å². The largest absolute Gasteiger partial charge is 0.401 e. The van der Waals surface area contributed by atoms with Gasteiger partial charge >= 0.3 is 0 Å². The van der Waals surface area contributed by atoms with Gasteiger partial charge in [0.1, 0.15) is 0 Å². The van der Waals surface area contributed by atoms with E-state index in [0.717, 1.165) is 42.9 Å². The van der Waals surface area contributed by atoms with Crippen LogP contribution in [0, 0.1) is 17.2 Å². The second-order valence-corrected chi connectivity index (χ2v) is 6.46. The molecule has 0 bridgehead atoms. The van der Waals surface area contributed by atoms with Crippen LogP contribution in [0.25, 0.3) is 5.57 Å². The van der Waals surface area contributed by atoms with Gasteiger partial charge in [-0.25, -0.2) is 0 Å². The molecule has 2 fully saturated rings. The smallest absolute Gasteiger partial charge is 0.0843 e. The number of anilines is 1. The Kier molecular flexibility index (Phi) is 3.96. The van der Waals surface area contributed by atoms with Crippen LogP contribution in [-0.4, -0.2) is 23.5 Å². The zero-order valence-corrected chi connectivity index (χ0v) is 12.9. The van der Waals surface area contributed by atoms with Crippen molar-refractivity contribution in [3.63, 3.8) is 0 Å². The van der Waals surface area contributed by atoms with Gasteiger partial charge < -0.3 is 16.9 Å². The molecule has 5 nitrogen and oxygen atoms in total. The molecule has 0 unspecified atom stereocenters. The van der Waals surface area contributed by atoms with E-state index in [-0.39, 0.29) is 0 Å². The van der Waals surface area contributed by atoms with Crippen molar-refractivity contribution in [1.82, 2.24) is 4.98 Å². The topological polar surface area (TPSA) is 101 Å². The van der Waals surface area contributed by atoms with Crippen LogP contribution in [0.5, 0.6) is 0 Å². The molecule has 22 heavy (non-hydrogen) atoms. The fourth-order valence-electron chi connectivity index (χ4n) is 2.90. The van der Waals surface area contributed by atoms with Crippen molar-refractivity contribution in [3.05, 3.63) is 29.2 Å². The first kappa shape index (κ1) is 14.8. The summed E-state index contributed by atoms with van der Waals surface area (Å²) in [5.74, 6) is 1.18. The van der Waals surface area contributed by atoms with E-state index in [1.807, 2.05) is 6.21 Å². The van der Waals surface area contributed by atoms with E-state index < -0.39 is 0 Å². The minimum absolute atomic E-state index is 0.390. The lowest BCUT2D eigenvalue weighted by Crippen LogP contribution is -2.24. The molecule has 5 N–H and O–H groups in total. The van der Waals surface area contributed by atoms with E-state index >= 15 is 0 Å². The number of hydrogen-bond donors (Lipinski definition) is 3. The van der Waals surface area contributed by atoms with Crippen LogP contribution in [0.1, 0.15) is 43.9 Å². The molecule has 0 spiro atoms. The number of hydrogen-bond acceptors (Lipinski definition) is 5. The summed E-state index contributed by atoms with van der Waals surface area (Å²) in [6.45, 7) is 2.24. The van der Waals surface area contributed by atoms with Crippen molar-refractivity contribution in [2.24, 2.45) is 22.6 Å². The Balaban J connectivity index is 1.97. The average molecular weight is 297 g/mol. The summed E-state index contributed by atoms with van der Waals surface area (Å²) in [6, 6.07) is 2.10. The minimum Gasteiger partial charge on any atom is -0.401 e. The van der Waals surface area contributed by atoms with Crippen molar-refractivity contribution < 1.29 is 0 Å². The molecule has 1 heterocycles. The summed E-state index contributed by atoms with van der Waals surface area (Å²) in [6.07, 6.45) is 9.27. The molecule has 1 aromatic heterocycles. The Hall–Kier alpha value is -2.17. The Bertz CT molecular complexity index is 636. The van der Waals surface area contributed by atoms with Gasteiger partial charge in [0.05, 0.1) is 11.7 Å². The third kappa shape index (κ3) is 2.89. The molecule has 2 aliphatic rings. The third-order valence-electron chi connectivity index (χ3n) is 4.51. The average Bonchev–Trinajstić information content (AvgIpc) is 3.29. The number of aliphatic imine (C=N–C) groups is 1. The van der Waals surface area contributed by atoms with Crippen molar-refractivity contribution in [2.75, 3.05) is 5.73 Å². The number of aromatic nitrogens is 1. The molecule has 0 saturated heterocycles. The molecular weight excluding hydrogens is 274 g/mol. The second kappa shape index (κ2) is 5.91. The van der Waals surface area contributed by atoms with Crippen molar-refractivity contribution in [2.45, 2.75) is 38.6 Å². The monoisotopic (exact) mass is 297 g/mol. The highest BCUT2D eigenvalue weighted by molar-refractivity contribution is 6.13. The summed E-state index contributed by atoms with van der Waals surface area (Å²) in [4.78, 5) is 9.09. The molecule has 0 radical (unpaired) electrons. The summed E-state index contributed by atoms with van der Waals surface area (Å²) < 4.78 is 0. The van der Waals surface area contributed by atoms with Crippen molar-refractivity contribution >= 4 is 23.7 Å². The van der Waals surface area contributed by atoms with Gasteiger partial charge in [-0.2, -0.15) is 0 Å². The maximum atomic E-state index is 7.62. The van der Waals surface area contributed by atoms with Gasteiger partial charge in [-0.3, -0.25) is 9.98 Å². The fourth-order valence-corrected chi connectivity index (χ4v) is 2.90. The van der Waals surface area contributed by atoms with E-state index in [1.54, 1.807) is 12.3 Å². The maximum absolute atomic E-state index is 7.62. The van der Waals surface area contributed by atoms with Gasteiger partial charge in [0, 0.05) is 41.1 Å². The number of nitrogen functional groups attached to an aromatic ring is 1. The number of allylic oxidation sites excluding steroid dienone is 2. The number of pyridine rings is 1. The van der Waals surface area contributed by atoms with Crippen molar-refractivity contribution in [1.29, 1.82) is 5.41 Å². The number of nitrogens with one attached hydrogen (secondary N) is 1. The van der Waals surface area contributed by atoms with Gasteiger partial charge in [0.15, 0.2) is 0 Å². The molecule has 2 saturated carbocycles. The molecule has 116 valence electrons. The van der Waals surface area contributed by atoms with E-state index in [9.17, 15) is 0 Å². The van der Waals surface area contributed by atoms with Gasteiger partial charge in [-0.15, -0.1) is 0 Å². The fraction of sp³-hybridized carbons (Fsp3) is 0.471. The molecule has 3 rings (SSSR count). The highest BCUT2D eigenvalue weighted by atomic mass is 14.8. The summed E-state index contributed by atoms with van der Waals surface area (Å²) in [5, 5.41) is 7.62. The lowest BCUT2D eigenvalue weighted by atomic mass is 9.82. The van der Waals surface area contributed by atoms with Crippen molar-refractivity contribution in [3.8, 4) is 0 Å². The highest BCUT2D eigenvalue weighted by Gasteiger charge is 2.28. The first-order chi connectivity index (χ1) is 10.6. The van der Waals surface area contributed by atoms with Gasteiger partial charge in [-0.05, 0) is 43.6 Å². The van der Waals surface area contributed by atoms with Crippen LogP contribution in [0.15, 0.2) is 23.0 Å². The zero-order chi connectivity index (χ0) is 15.7. The standard InChI is InChI=1S/C17H23N5/c1-10-6-12(7-10)22-9-14(16(20)11-2-3-11)17-13(8-18)15(19)4-5-21-17/h4-5,8-12,18H,2-3,6-7,20H2,1H3,(H2,19,21). The summed E-state index contributed by atoms with van der Waals surface area (Å²) >= 11 is 0. The lowest BCUT2D eigenvalue weighted by molar-refractivity contribution is 0.293. The number of nitrogens with two attached hydrogens (primary N) is 2. The Morgan fingerprint density at radius 3 is 2.73 bits per heavy atom. The molecule has 2 aliphatic carbocycles. The predicted molar refractivity (Wildman–Crippen MR) is 91.0 cm³/mol. The molecule has 0 amide bonds. The second-order valence-electron chi connectivity index (χ2n) is 6.46. The number of nitrogens with zero attached hydrogens (tertiary/aromatic N) is 2. The van der Waals surface area contributed by atoms with Crippen LogP contribution in [0.4, 0.5) is 5.69 Å². The zero-order valence-electron chi connectivity index (χ0n) is 12.9. The first-order valence-corrected chi connectivity index (χ1v) is 7.88. The van der Waals surface area contributed by atoms with Gasteiger partial charge in [-0.1, -0.05) is 6.92 Å². The summed E-state index contributed by atoms with van der Waals surface area (Å²) in [5.41, 5.74) is 15.8. The SMILES string of the molecule is CC1CC(N=CC(=C(N)C2CC2)c2nccc(N)c2C=N)C1. The maximum Gasteiger partial charge on any atom is 0.0843 e. The van der Waals surface area contributed by atoms with E-state index in [0.29, 0.717) is 28.9 Å². The molecule has 1 aromatic rings. The van der Waals surface area contributed by atoms with E-state index in [4.69, 9.17) is 16.9 Å². The third-order valence-corrected chi connectivity index (χ3v) is 4.51.